The molecule has 0 atom stereocenters. The Kier molecular flexibility index (Phi) is 3.78. The van der Waals surface area contributed by atoms with E-state index in [-0.39, 0.29) is 6.54 Å². The summed E-state index contributed by atoms with van der Waals surface area (Å²) in [4.78, 5) is 28.1. The van der Waals surface area contributed by atoms with Crippen LogP contribution in [0.25, 0.3) is 10.2 Å². The van der Waals surface area contributed by atoms with Crippen molar-refractivity contribution >= 4 is 33.4 Å². The fourth-order valence-corrected chi connectivity index (χ4v) is 2.36. The van der Waals surface area contributed by atoms with Crippen molar-refractivity contribution in [3.8, 4) is 12.3 Å². The lowest BCUT2D eigenvalue weighted by molar-refractivity contribution is -0.137. The number of benzene rings is 1. The third-order valence-electron chi connectivity index (χ3n) is 2.47. The molecule has 0 saturated carbocycles. The van der Waals surface area contributed by atoms with Crippen LogP contribution in [0.2, 0.25) is 0 Å². The van der Waals surface area contributed by atoms with E-state index in [0.717, 1.165) is 15.1 Å². The highest BCUT2D eigenvalue weighted by Gasteiger charge is 2.18. The molecule has 2 aromatic rings. The average molecular weight is 274 g/mol. The first-order valence-corrected chi connectivity index (χ1v) is 6.27. The van der Waals surface area contributed by atoms with Crippen molar-refractivity contribution in [1.82, 2.24) is 9.88 Å². The number of aromatic nitrogens is 1. The lowest BCUT2D eigenvalue weighted by atomic mass is 10.2. The first-order valence-electron chi connectivity index (χ1n) is 5.39. The van der Waals surface area contributed by atoms with Crippen LogP contribution in [0.4, 0.5) is 0 Å². The van der Waals surface area contributed by atoms with Crippen LogP contribution in [0.5, 0.6) is 0 Å². The fraction of sp³-hybridized carbons (Fsp3) is 0.154. The van der Waals surface area contributed by atoms with Gasteiger partial charge in [0.2, 0.25) is 0 Å². The summed E-state index contributed by atoms with van der Waals surface area (Å²) >= 11 is 1.42. The number of carboxylic acid groups (broad SMARTS) is 1. The summed E-state index contributed by atoms with van der Waals surface area (Å²) in [6.07, 6.45) is 5.15. The predicted octanol–water partition coefficient (Wildman–Crippen LogP) is 1.46. The van der Waals surface area contributed by atoms with Gasteiger partial charge in [0, 0.05) is 5.56 Å². The first-order chi connectivity index (χ1) is 9.11. The number of hydrogen-bond acceptors (Lipinski definition) is 4. The Hall–Kier alpha value is -2.39. The summed E-state index contributed by atoms with van der Waals surface area (Å²) in [6, 6.07) is 5.05. The molecule has 0 radical (unpaired) electrons. The Morgan fingerprint density at radius 1 is 1.47 bits per heavy atom. The van der Waals surface area contributed by atoms with E-state index in [1.165, 1.54) is 11.3 Å². The summed E-state index contributed by atoms with van der Waals surface area (Å²) in [5, 5.41) is 8.77. The zero-order valence-electron chi connectivity index (χ0n) is 9.87. The van der Waals surface area contributed by atoms with Crippen LogP contribution in [-0.2, 0) is 4.79 Å². The molecule has 96 valence electrons. The number of thiazole rings is 1. The van der Waals surface area contributed by atoms with E-state index in [9.17, 15) is 9.59 Å². The van der Waals surface area contributed by atoms with E-state index < -0.39 is 18.4 Å². The largest absolute Gasteiger partial charge is 0.480 e. The highest BCUT2D eigenvalue weighted by atomic mass is 32.1. The summed E-state index contributed by atoms with van der Waals surface area (Å²) in [5.41, 5.74) is 2.91. The van der Waals surface area contributed by atoms with Crippen LogP contribution in [-0.4, -0.2) is 40.0 Å². The Bertz CT molecular complexity index is 672. The van der Waals surface area contributed by atoms with Crippen LogP contribution in [0, 0.1) is 12.3 Å². The van der Waals surface area contributed by atoms with E-state index >= 15 is 0 Å². The summed E-state index contributed by atoms with van der Waals surface area (Å²) in [5.74, 6) is 0.800. The van der Waals surface area contributed by atoms with Crippen molar-refractivity contribution in [3.05, 3.63) is 29.3 Å². The number of aliphatic carboxylic acids is 1. The van der Waals surface area contributed by atoms with Crippen molar-refractivity contribution < 1.29 is 14.7 Å². The highest BCUT2D eigenvalue weighted by Crippen LogP contribution is 2.19. The number of carboxylic acids is 1. The molecule has 0 aliphatic carbocycles. The second-order valence-corrected chi connectivity index (χ2v) is 4.68. The van der Waals surface area contributed by atoms with Crippen molar-refractivity contribution in [1.29, 1.82) is 0 Å². The topological polar surface area (TPSA) is 70.5 Å². The Labute approximate surface area is 113 Å². The molecule has 1 amide bonds. The number of fused-ring (bicyclic) bond motifs is 1. The van der Waals surface area contributed by atoms with Crippen LogP contribution in [0.1, 0.15) is 10.4 Å². The number of nitrogens with zero attached hydrogens (tertiary/aromatic N) is 2. The van der Waals surface area contributed by atoms with Gasteiger partial charge < -0.3 is 10.0 Å². The van der Waals surface area contributed by atoms with Gasteiger partial charge >= 0.3 is 5.97 Å². The molecule has 0 bridgehead atoms. The van der Waals surface area contributed by atoms with Crippen LogP contribution >= 0.6 is 11.3 Å². The Balaban J connectivity index is 2.29. The quantitative estimate of drug-likeness (QED) is 0.857. The van der Waals surface area contributed by atoms with Gasteiger partial charge in [-0.05, 0) is 18.2 Å². The standard InChI is InChI=1S/C13H10N2O3S/c1-2-5-15(7-12(16)17)13(18)9-3-4-10-11(6-9)19-8-14-10/h1,3-4,6,8H,5,7H2,(H,16,17). The van der Waals surface area contributed by atoms with E-state index in [2.05, 4.69) is 10.9 Å². The second kappa shape index (κ2) is 5.50. The van der Waals surface area contributed by atoms with Gasteiger partial charge in [0.1, 0.15) is 6.54 Å². The van der Waals surface area contributed by atoms with E-state index in [1.807, 2.05) is 0 Å². The van der Waals surface area contributed by atoms with Crippen LogP contribution < -0.4 is 0 Å². The number of amides is 1. The molecule has 1 heterocycles. The molecular weight excluding hydrogens is 264 g/mol. The minimum Gasteiger partial charge on any atom is -0.480 e. The van der Waals surface area contributed by atoms with Gasteiger partial charge in [-0.25, -0.2) is 4.98 Å². The molecule has 0 unspecified atom stereocenters. The third-order valence-corrected chi connectivity index (χ3v) is 3.27. The molecule has 19 heavy (non-hydrogen) atoms. The van der Waals surface area contributed by atoms with Crippen molar-refractivity contribution in [2.45, 2.75) is 0 Å². The van der Waals surface area contributed by atoms with E-state index in [4.69, 9.17) is 11.5 Å². The summed E-state index contributed by atoms with van der Waals surface area (Å²) in [7, 11) is 0. The average Bonchev–Trinajstić information content (AvgIpc) is 2.84. The van der Waals surface area contributed by atoms with E-state index in [0.29, 0.717) is 5.56 Å². The van der Waals surface area contributed by atoms with Gasteiger partial charge in [-0.1, -0.05) is 5.92 Å². The number of carbonyl (C=O) groups excluding carboxylic acids is 1. The molecular formula is C13H10N2O3S. The second-order valence-electron chi connectivity index (χ2n) is 3.79. The zero-order valence-corrected chi connectivity index (χ0v) is 10.7. The van der Waals surface area contributed by atoms with Gasteiger partial charge in [0.05, 0.1) is 22.3 Å². The summed E-state index contributed by atoms with van der Waals surface area (Å²) in [6.45, 7) is -0.449. The smallest absolute Gasteiger partial charge is 0.323 e. The number of carbonyl (C=O) groups is 2. The lowest BCUT2D eigenvalue weighted by Gasteiger charge is -2.17. The van der Waals surface area contributed by atoms with Crippen LogP contribution in [0.3, 0.4) is 0 Å². The monoisotopic (exact) mass is 274 g/mol. The van der Waals surface area contributed by atoms with Crippen LogP contribution in [0.15, 0.2) is 23.7 Å². The number of terminal acetylenes is 1. The minimum atomic E-state index is -1.09. The molecule has 6 heteroatoms. The maximum atomic E-state index is 12.2. The molecule has 0 saturated heterocycles. The zero-order chi connectivity index (χ0) is 13.8. The molecule has 1 aromatic heterocycles. The molecule has 1 aromatic carbocycles. The normalized spacial score (nSPS) is 10.1. The molecule has 0 aliphatic heterocycles. The molecule has 5 nitrogen and oxygen atoms in total. The van der Waals surface area contributed by atoms with Crippen molar-refractivity contribution in [2.75, 3.05) is 13.1 Å². The van der Waals surface area contributed by atoms with Gasteiger partial charge in [0.25, 0.3) is 5.91 Å². The minimum absolute atomic E-state index is 0.0359. The van der Waals surface area contributed by atoms with Crippen molar-refractivity contribution in [3.63, 3.8) is 0 Å². The first kappa shape index (κ1) is 13.1. The molecule has 0 fully saturated rings. The lowest BCUT2D eigenvalue weighted by Crippen LogP contribution is -2.35. The maximum Gasteiger partial charge on any atom is 0.323 e. The van der Waals surface area contributed by atoms with Gasteiger partial charge in [0.15, 0.2) is 0 Å². The Morgan fingerprint density at radius 3 is 2.95 bits per heavy atom. The van der Waals surface area contributed by atoms with E-state index in [1.54, 1.807) is 23.7 Å². The molecule has 0 aliphatic rings. The molecule has 1 N–H and O–H groups in total. The van der Waals surface area contributed by atoms with Gasteiger partial charge in [-0.15, -0.1) is 17.8 Å². The number of hydrogen-bond donors (Lipinski definition) is 1. The predicted molar refractivity (Wildman–Crippen MR) is 72.0 cm³/mol. The highest BCUT2D eigenvalue weighted by molar-refractivity contribution is 7.16. The van der Waals surface area contributed by atoms with Gasteiger partial charge in [-0.3, -0.25) is 9.59 Å². The van der Waals surface area contributed by atoms with Crippen molar-refractivity contribution in [2.24, 2.45) is 0 Å². The molecule has 0 spiro atoms. The SMILES string of the molecule is C#CCN(CC(=O)O)C(=O)c1ccc2ncsc2c1. The number of rotatable bonds is 4. The summed E-state index contributed by atoms with van der Waals surface area (Å²) < 4.78 is 0.877. The fourth-order valence-electron chi connectivity index (χ4n) is 1.64. The Morgan fingerprint density at radius 2 is 2.26 bits per heavy atom. The third kappa shape index (κ3) is 2.89. The molecule has 2 rings (SSSR count). The maximum absolute atomic E-state index is 12.2. The van der Waals surface area contributed by atoms with Gasteiger partial charge in [-0.2, -0.15) is 0 Å².